The number of esters is 1. The first kappa shape index (κ1) is 13.6. The topological polar surface area (TPSA) is 26.3 Å². The predicted octanol–water partition coefficient (Wildman–Crippen LogP) is 4.10. The van der Waals surface area contributed by atoms with Crippen molar-refractivity contribution in [3.8, 4) is 0 Å². The average Bonchev–Trinajstić information content (AvgIpc) is 2.26. The summed E-state index contributed by atoms with van der Waals surface area (Å²) >= 11 is 0. The van der Waals surface area contributed by atoms with Crippen LogP contribution in [0.3, 0.4) is 0 Å². The highest BCUT2D eigenvalue weighted by molar-refractivity contribution is 5.65. The molecule has 0 radical (unpaired) electrons. The lowest BCUT2D eigenvalue weighted by molar-refractivity contribution is -0.142. The fraction of sp³-hybridized carbons (Fsp3) is 0.812. The molecule has 0 heterocycles. The maximum absolute atomic E-state index is 11.0. The molecule has 0 fully saturated rings. The van der Waals surface area contributed by atoms with Crippen molar-refractivity contribution >= 4 is 5.97 Å². The third-order valence-electron chi connectivity index (χ3n) is 4.86. The molecule has 2 aliphatic rings. The second-order valence-electron chi connectivity index (χ2n) is 6.77. The summed E-state index contributed by atoms with van der Waals surface area (Å²) < 4.78 is 5.24. The van der Waals surface area contributed by atoms with Gasteiger partial charge in [-0.15, -0.1) is 0 Å². The van der Waals surface area contributed by atoms with E-state index in [2.05, 4.69) is 20.8 Å². The summed E-state index contributed by atoms with van der Waals surface area (Å²) in [5.41, 5.74) is 3.74. The molecule has 2 atom stereocenters. The molecule has 2 rings (SSSR count). The first-order valence-corrected chi connectivity index (χ1v) is 7.25. The molecule has 0 aromatic heterocycles. The smallest absolute Gasteiger partial charge is 0.302 e. The Labute approximate surface area is 111 Å². The van der Waals surface area contributed by atoms with Crippen LogP contribution in [-0.2, 0) is 9.53 Å². The van der Waals surface area contributed by atoms with E-state index >= 15 is 0 Å². The predicted molar refractivity (Wildman–Crippen MR) is 73.2 cm³/mol. The van der Waals surface area contributed by atoms with Crippen LogP contribution in [-0.4, -0.2) is 12.6 Å². The lowest BCUT2D eigenvalue weighted by atomic mass is 9.63. The standard InChI is InChI=1S/C16H26O2/c1-11-8-13-6-5-7-16(3,4)15(13)9-14(11)10-18-12(2)17/h11,14H,5-10H2,1-4H3/t11-,14+/m0/s1. The molecular weight excluding hydrogens is 224 g/mol. The molecule has 18 heavy (non-hydrogen) atoms. The van der Waals surface area contributed by atoms with Gasteiger partial charge >= 0.3 is 5.97 Å². The maximum atomic E-state index is 11.0. The molecular formula is C16H26O2. The number of carbonyl (C=O) groups excluding carboxylic acids is 1. The highest BCUT2D eigenvalue weighted by Gasteiger charge is 2.36. The first-order chi connectivity index (χ1) is 8.40. The summed E-state index contributed by atoms with van der Waals surface area (Å²) in [6.45, 7) is 9.16. The molecule has 102 valence electrons. The van der Waals surface area contributed by atoms with Crippen LogP contribution >= 0.6 is 0 Å². The van der Waals surface area contributed by atoms with Gasteiger partial charge < -0.3 is 4.74 Å². The molecule has 0 saturated heterocycles. The second kappa shape index (κ2) is 5.07. The van der Waals surface area contributed by atoms with Gasteiger partial charge in [0.05, 0.1) is 6.61 Å². The average molecular weight is 250 g/mol. The van der Waals surface area contributed by atoms with Gasteiger partial charge in [-0.2, -0.15) is 0 Å². The number of ether oxygens (including phenoxy) is 1. The normalized spacial score (nSPS) is 30.9. The molecule has 0 aliphatic heterocycles. The molecule has 0 spiro atoms. The molecule has 0 unspecified atom stereocenters. The van der Waals surface area contributed by atoms with Gasteiger partial charge in [-0.25, -0.2) is 0 Å². The van der Waals surface area contributed by atoms with Crippen LogP contribution < -0.4 is 0 Å². The molecule has 2 aliphatic carbocycles. The Balaban J connectivity index is 2.11. The number of hydrogen-bond donors (Lipinski definition) is 0. The van der Waals surface area contributed by atoms with Crippen LogP contribution in [0.2, 0.25) is 0 Å². The van der Waals surface area contributed by atoms with Crippen molar-refractivity contribution in [2.45, 2.75) is 59.8 Å². The number of allylic oxidation sites excluding steroid dienone is 2. The van der Waals surface area contributed by atoms with Gasteiger partial charge in [0.15, 0.2) is 0 Å². The van der Waals surface area contributed by atoms with Gasteiger partial charge in [0.2, 0.25) is 0 Å². The second-order valence-corrected chi connectivity index (χ2v) is 6.77. The minimum Gasteiger partial charge on any atom is -0.466 e. The summed E-state index contributed by atoms with van der Waals surface area (Å²) in [5, 5.41) is 0. The van der Waals surface area contributed by atoms with Crippen LogP contribution in [0.25, 0.3) is 0 Å². The summed E-state index contributed by atoms with van der Waals surface area (Å²) in [6.07, 6.45) is 6.29. The largest absolute Gasteiger partial charge is 0.466 e. The van der Waals surface area contributed by atoms with E-state index in [0.29, 0.717) is 23.9 Å². The SMILES string of the molecule is CC(=O)OC[C@H]1CC2=C(CCCC2(C)C)C[C@@H]1C. The Kier molecular flexibility index (Phi) is 3.84. The van der Waals surface area contributed by atoms with Crippen molar-refractivity contribution < 1.29 is 9.53 Å². The lowest BCUT2D eigenvalue weighted by Crippen LogP contribution is -2.32. The fourth-order valence-corrected chi connectivity index (χ4v) is 3.64. The Bertz CT molecular complexity index is 365. The molecule has 0 saturated carbocycles. The maximum Gasteiger partial charge on any atom is 0.302 e. The zero-order chi connectivity index (χ0) is 13.3. The minimum absolute atomic E-state index is 0.148. The molecule has 0 amide bonds. The number of rotatable bonds is 2. The van der Waals surface area contributed by atoms with Gasteiger partial charge in [0.1, 0.15) is 0 Å². The molecule has 0 aromatic rings. The summed E-state index contributed by atoms with van der Waals surface area (Å²) in [6, 6.07) is 0. The Hall–Kier alpha value is -0.790. The molecule has 0 N–H and O–H groups in total. The third-order valence-corrected chi connectivity index (χ3v) is 4.86. The van der Waals surface area contributed by atoms with Crippen LogP contribution in [0.4, 0.5) is 0 Å². The van der Waals surface area contributed by atoms with E-state index in [9.17, 15) is 4.79 Å². The number of hydrogen-bond acceptors (Lipinski definition) is 2. The summed E-state index contributed by atoms with van der Waals surface area (Å²) in [4.78, 5) is 11.0. The van der Waals surface area contributed by atoms with E-state index in [0.717, 1.165) is 6.42 Å². The van der Waals surface area contributed by atoms with Gasteiger partial charge in [-0.05, 0) is 49.4 Å². The van der Waals surface area contributed by atoms with Gasteiger partial charge in [-0.3, -0.25) is 4.79 Å². The third kappa shape index (κ3) is 2.78. The first-order valence-electron chi connectivity index (χ1n) is 7.25. The Morgan fingerprint density at radius 3 is 2.78 bits per heavy atom. The van der Waals surface area contributed by atoms with Crippen molar-refractivity contribution in [3.63, 3.8) is 0 Å². The van der Waals surface area contributed by atoms with Crippen LogP contribution in [0, 0.1) is 17.3 Å². The fourth-order valence-electron chi connectivity index (χ4n) is 3.64. The van der Waals surface area contributed by atoms with Crippen molar-refractivity contribution in [2.24, 2.45) is 17.3 Å². The van der Waals surface area contributed by atoms with Gasteiger partial charge in [0.25, 0.3) is 0 Å². The van der Waals surface area contributed by atoms with Crippen LogP contribution in [0.5, 0.6) is 0 Å². The van der Waals surface area contributed by atoms with E-state index in [1.54, 1.807) is 11.1 Å². The van der Waals surface area contributed by atoms with E-state index < -0.39 is 0 Å². The lowest BCUT2D eigenvalue weighted by Gasteiger charge is -2.42. The molecule has 2 nitrogen and oxygen atoms in total. The zero-order valence-corrected chi connectivity index (χ0v) is 12.2. The van der Waals surface area contributed by atoms with E-state index in [1.807, 2.05) is 0 Å². The van der Waals surface area contributed by atoms with Crippen molar-refractivity contribution in [1.29, 1.82) is 0 Å². The van der Waals surface area contributed by atoms with Crippen LogP contribution in [0.15, 0.2) is 11.1 Å². The van der Waals surface area contributed by atoms with E-state index in [-0.39, 0.29) is 5.97 Å². The minimum atomic E-state index is -0.148. The summed E-state index contributed by atoms with van der Waals surface area (Å²) in [7, 11) is 0. The highest BCUT2D eigenvalue weighted by Crippen LogP contribution is 2.49. The number of carbonyl (C=O) groups is 1. The Morgan fingerprint density at radius 1 is 1.39 bits per heavy atom. The van der Waals surface area contributed by atoms with Crippen LogP contribution in [0.1, 0.15) is 59.8 Å². The van der Waals surface area contributed by atoms with E-state index in [4.69, 9.17) is 4.74 Å². The van der Waals surface area contributed by atoms with E-state index in [1.165, 1.54) is 32.6 Å². The molecule has 0 aromatic carbocycles. The quantitative estimate of drug-likeness (QED) is 0.545. The zero-order valence-electron chi connectivity index (χ0n) is 12.2. The van der Waals surface area contributed by atoms with Gasteiger partial charge in [0, 0.05) is 6.92 Å². The molecule has 2 heteroatoms. The van der Waals surface area contributed by atoms with Crippen molar-refractivity contribution in [1.82, 2.24) is 0 Å². The summed E-state index contributed by atoms with van der Waals surface area (Å²) in [5.74, 6) is 1.02. The van der Waals surface area contributed by atoms with Crippen molar-refractivity contribution in [3.05, 3.63) is 11.1 Å². The van der Waals surface area contributed by atoms with Crippen molar-refractivity contribution in [2.75, 3.05) is 6.61 Å². The van der Waals surface area contributed by atoms with Gasteiger partial charge in [-0.1, -0.05) is 31.9 Å². The highest BCUT2D eigenvalue weighted by atomic mass is 16.5. The molecule has 0 bridgehead atoms. The monoisotopic (exact) mass is 250 g/mol. The Morgan fingerprint density at radius 2 is 2.11 bits per heavy atom.